The molecule has 2 bridgehead atoms. The molecule has 4 atom stereocenters. The molecule has 2 N–H and O–H groups in total. The highest BCUT2D eigenvalue weighted by atomic mass is 16.5. The molecular weight excluding hydrogens is 324 g/mol. The number of anilines is 2. The Bertz CT molecular complexity index is 727. The Hall–Kier alpha value is -2.83. The van der Waals surface area contributed by atoms with Crippen molar-refractivity contribution in [2.45, 2.75) is 6.42 Å². The first kappa shape index (κ1) is 17.0. The molecule has 7 nitrogen and oxygen atoms in total. The number of nitrogens with one attached hydrogen (secondary N) is 1. The van der Waals surface area contributed by atoms with E-state index in [0.717, 1.165) is 6.42 Å². The van der Waals surface area contributed by atoms with Crippen LogP contribution in [0, 0.1) is 23.7 Å². The van der Waals surface area contributed by atoms with Gasteiger partial charge in [-0.3, -0.25) is 14.5 Å². The number of ether oxygens (including phenoxy) is 1. The molecule has 2 amide bonds. The number of allylic oxidation sites excluding steroid dienone is 2. The minimum absolute atomic E-state index is 0.0177. The molecule has 25 heavy (non-hydrogen) atoms. The van der Waals surface area contributed by atoms with Crippen molar-refractivity contribution in [3.05, 3.63) is 36.4 Å². The third-order valence-corrected chi connectivity index (χ3v) is 5.02. The summed E-state index contributed by atoms with van der Waals surface area (Å²) >= 11 is 0. The molecule has 0 radical (unpaired) electrons. The van der Waals surface area contributed by atoms with Crippen molar-refractivity contribution in [2.75, 3.05) is 24.4 Å². The number of carboxylic acid groups (broad SMARTS) is 1. The fourth-order valence-electron chi connectivity index (χ4n) is 3.75. The molecule has 3 rings (SSSR count). The summed E-state index contributed by atoms with van der Waals surface area (Å²) < 4.78 is 4.65. The molecule has 1 fully saturated rings. The fraction of sp³-hybridized carbons (Fsp3) is 0.389. The maximum absolute atomic E-state index is 12.6. The van der Waals surface area contributed by atoms with Gasteiger partial charge < -0.3 is 15.2 Å². The molecule has 1 aromatic carbocycles. The van der Waals surface area contributed by atoms with Crippen molar-refractivity contribution in [3.8, 4) is 0 Å². The van der Waals surface area contributed by atoms with Crippen LogP contribution >= 0.6 is 0 Å². The summed E-state index contributed by atoms with van der Waals surface area (Å²) in [5.74, 6) is -2.50. The summed E-state index contributed by atoms with van der Waals surface area (Å²) in [5.41, 5.74) is 1.18. The van der Waals surface area contributed by atoms with Crippen LogP contribution in [0.25, 0.3) is 0 Å². The molecule has 4 unspecified atom stereocenters. The first-order valence-electron chi connectivity index (χ1n) is 8.06. The average Bonchev–Trinajstić information content (AvgIpc) is 3.22. The lowest BCUT2D eigenvalue weighted by atomic mass is 9.82. The van der Waals surface area contributed by atoms with Gasteiger partial charge in [0.1, 0.15) is 0 Å². The normalized spacial score (nSPS) is 26.3. The molecule has 0 saturated heterocycles. The summed E-state index contributed by atoms with van der Waals surface area (Å²) in [7, 11) is 2.88. The van der Waals surface area contributed by atoms with E-state index in [2.05, 4.69) is 10.1 Å². The van der Waals surface area contributed by atoms with Crippen LogP contribution < -0.4 is 10.2 Å². The van der Waals surface area contributed by atoms with Crippen LogP contribution in [0.2, 0.25) is 0 Å². The SMILES string of the molecule is COC(=O)N(C)c1ccc(NC(=O)C2C3C=CC(C3)C2C(=O)O)cc1. The molecule has 1 aromatic rings. The monoisotopic (exact) mass is 344 g/mol. The standard InChI is InChI=1S/C18H20N2O5/c1-20(18(24)25-2)13-7-5-12(6-8-13)19-16(21)14-10-3-4-11(9-10)15(14)17(22)23/h3-8,10-11,14-15H,9H2,1-2H3,(H,19,21)(H,22,23). The summed E-state index contributed by atoms with van der Waals surface area (Å²) in [4.78, 5) is 36.9. The van der Waals surface area contributed by atoms with Crippen LogP contribution in [0.1, 0.15) is 6.42 Å². The number of hydrogen-bond donors (Lipinski definition) is 2. The van der Waals surface area contributed by atoms with Gasteiger partial charge in [0, 0.05) is 18.4 Å². The minimum atomic E-state index is -0.924. The van der Waals surface area contributed by atoms with Crippen LogP contribution in [-0.4, -0.2) is 37.2 Å². The molecule has 7 heteroatoms. The zero-order valence-corrected chi connectivity index (χ0v) is 14.0. The molecule has 0 spiro atoms. The second-order valence-electron chi connectivity index (χ2n) is 6.40. The number of carbonyl (C=O) groups is 3. The van der Waals surface area contributed by atoms with E-state index in [1.54, 1.807) is 31.3 Å². The second kappa shape index (κ2) is 6.58. The third-order valence-electron chi connectivity index (χ3n) is 5.02. The molecule has 0 heterocycles. The maximum atomic E-state index is 12.6. The van der Waals surface area contributed by atoms with Gasteiger partial charge in [0.15, 0.2) is 0 Å². The molecule has 0 aliphatic heterocycles. The first-order chi connectivity index (χ1) is 11.9. The van der Waals surface area contributed by atoms with Crippen LogP contribution in [0.4, 0.5) is 16.2 Å². The van der Waals surface area contributed by atoms with Gasteiger partial charge in [0.05, 0.1) is 18.9 Å². The van der Waals surface area contributed by atoms with Crippen molar-refractivity contribution in [1.29, 1.82) is 0 Å². The van der Waals surface area contributed by atoms with E-state index >= 15 is 0 Å². The van der Waals surface area contributed by atoms with E-state index in [9.17, 15) is 19.5 Å². The van der Waals surface area contributed by atoms with Gasteiger partial charge >= 0.3 is 12.1 Å². The van der Waals surface area contributed by atoms with Crippen molar-refractivity contribution < 1.29 is 24.2 Å². The molecular formula is C18H20N2O5. The number of hydrogen-bond acceptors (Lipinski definition) is 4. The van der Waals surface area contributed by atoms with Gasteiger partial charge in [-0.25, -0.2) is 4.79 Å². The first-order valence-corrected chi connectivity index (χ1v) is 8.06. The highest BCUT2D eigenvalue weighted by molar-refractivity contribution is 5.96. The predicted octanol–water partition coefficient (Wildman–Crippen LogP) is 2.35. The lowest BCUT2D eigenvalue weighted by Gasteiger charge is -2.24. The Morgan fingerprint density at radius 2 is 1.72 bits per heavy atom. The summed E-state index contributed by atoms with van der Waals surface area (Å²) in [6, 6.07) is 6.71. The van der Waals surface area contributed by atoms with Gasteiger partial charge in [-0.2, -0.15) is 0 Å². The number of nitrogens with zero attached hydrogens (tertiary/aromatic N) is 1. The number of amides is 2. The third kappa shape index (κ3) is 3.09. The lowest BCUT2D eigenvalue weighted by Crippen LogP contribution is -2.36. The van der Waals surface area contributed by atoms with E-state index in [1.165, 1.54) is 12.0 Å². The van der Waals surface area contributed by atoms with E-state index in [-0.39, 0.29) is 17.7 Å². The molecule has 132 valence electrons. The van der Waals surface area contributed by atoms with Gasteiger partial charge in [-0.15, -0.1) is 0 Å². The van der Waals surface area contributed by atoms with Crippen molar-refractivity contribution in [1.82, 2.24) is 0 Å². The summed E-state index contributed by atoms with van der Waals surface area (Å²) in [6.45, 7) is 0. The van der Waals surface area contributed by atoms with Gasteiger partial charge in [0.2, 0.25) is 5.91 Å². The number of rotatable bonds is 4. The lowest BCUT2D eigenvalue weighted by molar-refractivity contribution is -0.146. The van der Waals surface area contributed by atoms with Gasteiger partial charge in [-0.1, -0.05) is 12.2 Å². The van der Waals surface area contributed by atoms with Crippen LogP contribution in [-0.2, 0) is 14.3 Å². The predicted molar refractivity (Wildman–Crippen MR) is 91.2 cm³/mol. The Kier molecular flexibility index (Phi) is 4.48. The Balaban J connectivity index is 1.70. The number of aliphatic carboxylic acids is 1. The largest absolute Gasteiger partial charge is 0.481 e. The highest BCUT2D eigenvalue weighted by Gasteiger charge is 2.51. The number of benzene rings is 1. The quantitative estimate of drug-likeness (QED) is 0.818. The van der Waals surface area contributed by atoms with Crippen molar-refractivity contribution in [2.24, 2.45) is 23.7 Å². The van der Waals surface area contributed by atoms with Crippen LogP contribution in [0.15, 0.2) is 36.4 Å². The van der Waals surface area contributed by atoms with Crippen molar-refractivity contribution >= 4 is 29.3 Å². The summed E-state index contributed by atoms with van der Waals surface area (Å²) in [6.07, 6.45) is 4.08. The maximum Gasteiger partial charge on any atom is 0.413 e. The van der Waals surface area contributed by atoms with E-state index in [4.69, 9.17) is 0 Å². The average molecular weight is 344 g/mol. The van der Waals surface area contributed by atoms with Gasteiger partial charge in [0.25, 0.3) is 0 Å². The van der Waals surface area contributed by atoms with Crippen molar-refractivity contribution in [3.63, 3.8) is 0 Å². The minimum Gasteiger partial charge on any atom is -0.481 e. The zero-order chi connectivity index (χ0) is 18.1. The number of fused-ring (bicyclic) bond motifs is 2. The van der Waals surface area contributed by atoms with Crippen LogP contribution in [0.3, 0.4) is 0 Å². The number of methoxy groups -OCH3 is 1. The zero-order valence-electron chi connectivity index (χ0n) is 14.0. The van der Waals surface area contributed by atoms with E-state index < -0.39 is 23.9 Å². The Morgan fingerprint density at radius 3 is 2.28 bits per heavy atom. The smallest absolute Gasteiger partial charge is 0.413 e. The molecule has 1 saturated carbocycles. The molecule has 2 aliphatic rings. The van der Waals surface area contributed by atoms with Crippen LogP contribution in [0.5, 0.6) is 0 Å². The number of carbonyl (C=O) groups excluding carboxylic acids is 2. The molecule has 0 aromatic heterocycles. The Morgan fingerprint density at radius 1 is 1.12 bits per heavy atom. The Labute approximate surface area is 145 Å². The van der Waals surface area contributed by atoms with Gasteiger partial charge in [-0.05, 0) is 42.5 Å². The highest BCUT2D eigenvalue weighted by Crippen LogP contribution is 2.48. The van der Waals surface area contributed by atoms with E-state index in [1.807, 2.05) is 12.2 Å². The second-order valence-corrected chi connectivity index (χ2v) is 6.40. The van der Waals surface area contributed by atoms with E-state index in [0.29, 0.717) is 11.4 Å². The topological polar surface area (TPSA) is 95.9 Å². The summed E-state index contributed by atoms with van der Waals surface area (Å²) in [5, 5.41) is 12.2. The molecule has 2 aliphatic carbocycles. The fourth-order valence-corrected chi connectivity index (χ4v) is 3.75. The number of carboxylic acids is 1.